The van der Waals surface area contributed by atoms with Crippen molar-refractivity contribution in [3.05, 3.63) is 23.2 Å². The van der Waals surface area contributed by atoms with E-state index in [1.54, 1.807) is 10.6 Å². The second kappa shape index (κ2) is 5.01. The maximum Gasteiger partial charge on any atom is 0.404 e. The van der Waals surface area contributed by atoms with Crippen LogP contribution in [0.25, 0.3) is 11.0 Å². The summed E-state index contributed by atoms with van der Waals surface area (Å²) in [6.07, 6.45) is 1.07. The highest BCUT2D eigenvalue weighted by atomic mass is 35.5. The van der Waals surface area contributed by atoms with Crippen LogP contribution in [0.4, 0.5) is 4.79 Å². The first-order valence-corrected chi connectivity index (χ1v) is 5.43. The molecule has 0 atom stereocenters. The fourth-order valence-electron chi connectivity index (χ4n) is 1.65. The maximum absolute atomic E-state index is 10.9. The molecule has 2 aromatic heterocycles. The third-order valence-corrected chi connectivity index (χ3v) is 2.55. The van der Waals surface area contributed by atoms with Crippen LogP contribution in [-0.2, 0) is 6.54 Å². The lowest BCUT2D eigenvalue weighted by Gasteiger charge is -2.06. The largest absolute Gasteiger partial charge is 0.465 e. The van der Waals surface area contributed by atoms with Gasteiger partial charge in [0.25, 0.3) is 0 Å². The molecular formula is C10H9ClN4O3. The molecule has 2 N–H and O–H groups in total. The van der Waals surface area contributed by atoms with Gasteiger partial charge in [-0.25, -0.2) is 9.78 Å². The van der Waals surface area contributed by atoms with Crippen LogP contribution in [0.3, 0.4) is 0 Å². The molecule has 0 aromatic carbocycles. The lowest BCUT2D eigenvalue weighted by molar-refractivity contribution is 0.111. The van der Waals surface area contributed by atoms with E-state index in [0.29, 0.717) is 23.0 Å². The summed E-state index contributed by atoms with van der Waals surface area (Å²) in [6, 6.07) is 1.62. The summed E-state index contributed by atoms with van der Waals surface area (Å²) in [5, 5.41) is 11.5. The molecule has 8 heteroatoms. The summed E-state index contributed by atoms with van der Waals surface area (Å²) >= 11 is 5.69. The van der Waals surface area contributed by atoms with E-state index in [1.807, 2.05) is 0 Å². The van der Waals surface area contributed by atoms with Crippen LogP contribution in [0, 0.1) is 0 Å². The number of carbonyl (C=O) groups is 2. The number of fused-ring (bicyclic) bond motifs is 1. The number of carbonyl (C=O) groups excluding carboxylic acids is 1. The Morgan fingerprint density at radius 2 is 2.39 bits per heavy atom. The molecule has 1 amide bonds. The van der Waals surface area contributed by atoms with Crippen molar-refractivity contribution in [1.82, 2.24) is 19.9 Å². The van der Waals surface area contributed by atoms with E-state index in [1.165, 1.54) is 6.20 Å². The molecule has 2 aromatic rings. The highest BCUT2D eigenvalue weighted by Gasteiger charge is 2.10. The monoisotopic (exact) mass is 268 g/mol. The van der Waals surface area contributed by atoms with Crippen molar-refractivity contribution in [2.45, 2.75) is 6.54 Å². The van der Waals surface area contributed by atoms with Crippen molar-refractivity contribution in [3.63, 3.8) is 0 Å². The van der Waals surface area contributed by atoms with Crippen molar-refractivity contribution < 1.29 is 14.7 Å². The summed E-state index contributed by atoms with van der Waals surface area (Å²) in [7, 11) is 0. The zero-order chi connectivity index (χ0) is 13.1. The topological polar surface area (TPSA) is 97.1 Å². The molecule has 0 unspecified atom stereocenters. The van der Waals surface area contributed by atoms with Crippen molar-refractivity contribution in [3.8, 4) is 0 Å². The zero-order valence-electron chi connectivity index (χ0n) is 9.13. The van der Waals surface area contributed by atoms with Crippen LogP contribution >= 0.6 is 11.6 Å². The van der Waals surface area contributed by atoms with E-state index in [2.05, 4.69) is 15.3 Å². The molecule has 0 saturated carbocycles. The van der Waals surface area contributed by atoms with E-state index in [0.717, 1.165) is 0 Å². The lowest BCUT2D eigenvalue weighted by atomic mass is 10.4. The van der Waals surface area contributed by atoms with Crippen molar-refractivity contribution in [1.29, 1.82) is 0 Å². The predicted octanol–water partition coefficient (Wildman–Crippen LogP) is 1.16. The van der Waals surface area contributed by atoms with Crippen LogP contribution in [0.5, 0.6) is 0 Å². The molecule has 94 valence electrons. The van der Waals surface area contributed by atoms with E-state index in [9.17, 15) is 9.59 Å². The van der Waals surface area contributed by atoms with Gasteiger partial charge in [-0.05, 0) is 17.7 Å². The van der Waals surface area contributed by atoms with Gasteiger partial charge in [0.1, 0.15) is 5.65 Å². The summed E-state index contributed by atoms with van der Waals surface area (Å²) in [5.41, 5.74) is 0.901. The van der Waals surface area contributed by atoms with Gasteiger partial charge in [0.2, 0.25) is 5.28 Å². The molecule has 0 saturated heterocycles. The smallest absolute Gasteiger partial charge is 0.404 e. The van der Waals surface area contributed by atoms with Gasteiger partial charge in [0, 0.05) is 24.7 Å². The van der Waals surface area contributed by atoms with Gasteiger partial charge in [-0.1, -0.05) is 0 Å². The molecule has 0 fully saturated rings. The number of aldehydes is 1. The van der Waals surface area contributed by atoms with E-state index in [-0.39, 0.29) is 18.4 Å². The number of carboxylic acid groups (broad SMARTS) is 1. The molecule has 2 heterocycles. The molecule has 0 aliphatic heterocycles. The van der Waals surface area contributed by atoms with E-state index >= 15 is 0 Å². The number of nitrogens with zero attached hydrogens (tertiary/aromatic N) is 3. The normalized spacial score (nSPS) is 10.5. The first-order chi connectivity index (χ1) is 8.61. The highest BCUT2D eigenvalue weighted by Crippen LogP contribution is 2.17. The second-order valence-corrected chi connectivity index (χ2v) is 3.83. The summed E-state index contributed by atoms with van der Waals surface area (Å²) in [4.78, 5) is 29.1. The lowest BCUT2D eigenvalue weighted by Crippen LogP contribution is -2.25. The number of hydrogen-bond acceptors (Lipinski definition) is 4. The summed E-state index contributed by atoms with van der Waals surface area (Å²) < 4.78 is 1.59. The zero-order valence-corrected chi connectivity index (χ0v) is 9.89. The molecule has 0 aliphatic rings. The highest BCUT2D eigenvalue weighted by molar-refractivity contribution is 6.28. The minimum Gasteiger partial charge on any atom is -0.465 e. The Bertz CT molecular complexity index is 610. The molecule has 0 radical (unpaired) electrons. The molecule has 2 rings (SSSR count). The van der Waals surface area contributed by atoms with Crippen molar-refractivity contribution >= 4 is 35.0 Å². The van der Waals surface area contributed by atoms with Gasteiger partial charge in [-0.3, -0.25) is 4.79 Å². The van der Waals surface area contributed by atoms with Gasteiger partial charge in [-0.15, -0.1) is 0 Å². The van der Waals surface area contributed by atoms with Crippen LogP contribution in [0.1, 0.15) is 10.5 Å². The van der Waals surface area contributed by atoms with Crippen LogP contribution in [-0.4, -0.2) is 38.6 Å². The number of rotatable bonds is 4. The summed E-state index contributed by atoms with van der Waals surface area (Å²) in [6.45, 7) is 0.457. The van der Waals surface area contributed by atoms with Crippen molar-refractivity contribution in [2.75, 3.05) is 6.54 Å². The fourth-order valence-corrected chi connectivity index (χ4v) is 1.78. The molecule has 0 spiro atoms. The summed E-state index contributed by atoms with van der Waals surface area (Å²) in [5.74, 6) is 0. The SMILES string of the molecule is O=Cc1cc2cnc(Cl)nc2n1CCNC(=O)O. The Morgan fingerprint density at radius 3 is 3.06 bits per heavy atom. The van der Waals surface area contributed by atoms with Gasteiger partial charge >= 0.3 is 6.09 Å². The Hall–Kier alpha value is -2.15. The van der Waals surface area contributed by atoms with E-state index in [4.69, 9.17) is 16.7 Å². The number of halogens is 1. The van der Waals surface area contributed by atoms with Gasteiger partial charge in [0.05, 0.1) is 5.69 Å². The Labute approximate surface area is 106 Å². The van der Waals surface area contributed by atoms with Gasteiger partial charge in [-0.2, -0.15) is 4.98 Å². The van der Waals surface area contributed by atoms with Crippen LogP contribution < -0.4 is 5.32 Å². The number of nitrogens with one attached hydrogen (secondary N) is 1. The standard InChI is InChI=1S/C10H9ClN4O3/c11-9-13-4-6-3-7(5-16)15(8(6)14-9)2-1-12-10(17)18/h3-5,12H,1-2H2,(H,17,18). The predicted molar refractivity (Wildman–Crippen MR) is 64.0 cm³/mol. The number of amides is 1. The third kappa shape index (κ3) is 2.40. The first-order valence-electron chi connectivity index (χ1n) is 5.05. The van der Waals surface area contributed by atoms with Gasteiger partial charge in [0.15, 0.2) is 6.29 Å². The minimum atomic E-state index is -1.12. The molecule has 7 nitrogen and oxygen atoms in total. The maximum atomic E-state index is 10.9. The van der Waals surface area contributed by atoms with Gasteiger partial charge < -0.3 is 15.0 Å². The van der Waals surface area contributed by atoms with Crippen LogP contribution in [0.15, 0.2) is 12.3 Å². The number of hydrogen-bond donors (Lipinski definition) is 2. The molecule has 18 heavy (non-hydrogen) atoms. The Morgan fingerprint density at radius 1 is 1.61 bits per heavy atom. The van der Waals surface area contributed by atoms with Crippen molar-refractivity contribution in [2.24, 2.45) is 0 Å². The second-order valence-electron chi connectivity index (χ2n) is 3.49. The molecule has 0 bridgehead atoms. The average Bonchev–Trinajstić information content (AvgIpc) is 2.66. The Kier molecular flexibility index (Phi) is 3.42. The number of aromatic nitrogens is 3. The Balaban J connectivity index is 2.36. The minimum absolute atomic E-state index is 0.0745. The van der Waals surface area contributed by atoms with Crippen LogP contribution in [0.2, 0.25) is 5.28 Å². The fraction of sp³-hybridized carbons (Fsp3) is 0.200. The molecule has 0 aliphatic carbocycles. The van der Waals surface area contributed by atoms with E-state index < -0.39 is 6.09 Å². The average molecular weight is 269 g/mol. The third-order valence-electron chi connectivity index (χ3n) is 2.37. The quantitative estimate of drug-likeness (QED) is 0.641. The molecular weight excluding hydrogens is 260 g/mol. The first kappa shape index (κ1) is 12.3.